The van der Waals surface area contributed by atoms with E-state index in [4.69, 9.17) is 23.7 Å². The molecular formula is C12H26O5Si. The first-order valence-corrected chi connectivity index (χ1v) is 7.02. The van der Waals surface area contributed by atoms with Crippen molar-refractivity contribution in [3.63, 3.8) is 0 Å². The third-order valence-electron chi connectivity index (χ3n) is 2.10. The third-order valence-corrected chi connectivity index (χ3v) is 2.97. The van der Waals surface area contributed by atoms with Gasteiger partial charge in [-0.15, -0.1) is 0 Å². The third kappa shape index (κ3) is 9.75. The van der Waals surface area contributed by atoms with Gasteiger partial charge in [-0.3, -0.25) is 0 Å². The maximum absolute atomic E-state index is 5.70. The summed E-state index contributed by atoms with van der Waals surface area (Å²) < 4.78 is 26.9. The highest BCUT2D eigenvalue weighted by Crippen LogP contribution is 2.10. The highest BCUT2D eigenvalue weighted by atomic mass is 28.1. The first kappa shape index (κ1) is 17.8. The fourth-order valence-electron chi connectivity index (χ4n) is 1.22. The van der Waals surface area contributed by atoms with Gasteiger partial charge in [0.15, 0.2) is 5.41 Å². The summed E-state index contributed by atoms with van der Waals surface area (Å²) in [6, 6.07) is 0. The van der Waals surface area contributed by atoms with Crippen molar-refractivity contribution in [2.24, 2.45) is 0 Å². The molecule has 0 radical (unpaired) electrons. The molecule has 0 bridgehead atoms. The molecule has 0 amide bonds. The Morgan fingerprint density at radius 1 is 1.06 bits per heavy atom. The van der Waals surface area contributed by atoms with E-state index in [1.165, 1.54) is 0 Å². The van der Waals surface area contributed by atoms with Crippen molar-refractivity contribution in [3.05, 3.63) is 12.2 Å². The largest absolute Gasteiger partial charge is 0.382 e. The standard InChI is InChI=1S/C12H26O5Si/c1-11(2)9-15-10-12(18,16-7-5-13-3)17-8-6-14-4/h1,5-10H2,2-4,18H3. The predicted octanol–water partition coefficient (Wildman–Crippen LogP) is -0.0757. The fourth-order valence-corrected chi connectivity index (χ4v) is 1.83. The summed E-state index contributed by atoms with van der Waals surface area (Å²) in [6.45, 7) is 8.69. The number of ether oxygens (including phenoxy) is 5. The predicted molar refractivity (Wildman–Crippen MR) is 74.0 cm³/mol. The molecule has 0 aromatic rings. The molecule has 0 spiro atoms. The molecule has 0 N–H and O–H groups in total. The van der Waals surface area contributed by atoms with Gasteiger partial charge in [0.05, 0.1) is 49.9 Å². The lowest BCUT2D eigenvalue weighted by atomic mass is 10.4. The van der Waals surface area contributed by atoms with Crippen molar-refractivity contribution in [1.82, 2.24) is 0 Å². The van der Waals surface area contributed by atoms with Crippen molar-refractivity contribution in [2.45, 2.75) is 12.3 Å². The van der Waals surface area contributed by atoms with Crippen molar-refractivity contribution in [2.75, 3.05) is 53.9 Å². The molecule has 6 heteroatoms. The second kappa shape index (κ2) is 10.7. The Morgan fingerprint density at radius 2 is 1.56 bits per heavy atom. The highest BCUT2D eigenvalue weighted by Gasteiger charge is 2.25. The molecule has 0 fully saturated rings. The van der Waals surface area contributed by atoms with Gasteiger partial charge in [0.1, 0.15) is 0 Å². The van der Waals surface area contributed by atoms with Gasteiger partial charge in [-0.05, 0) is 6.92 Å². The van der Waals surface area contributed by atoms with Crippen LogP contribution in [-0.2, 0) is 23.7 Å². The molecule has 0 aromatic carbocycles. The SMILES string of the molecule is C=C(C)COCC([SiH3])(OCCOC)OCCOC. The second-order valence-corrected chi connectivity index (χ2v) is 5.79. The first-order valence-electron chi connectivity index (χ1n) is 6.02. The minimum absolute atomic E-state index is 0.402. The van der Waals surface area contributed by atoms with Crippen LogP contribution in [-0.4, -0.2) is 69.5 Å². The molecule has 0 atom stereocenters. The van der Waals surface area contributed by atoms with Crippen molar-refractivity contribution in [1.29, 1.82) is 0 Å². The van der Waals surface area contributed by atoms with Gasteiger partial charge in [-0.2, -0.15) is 0 Å². The zero-order chi connectivity index (χ0) is 13.9. The molecule has 0 aromatic heterocycles. The van der Waals surface area contributed by atoms with E-state index in [1.54, 1.807) is 14.2 Å². The summed E-state index contributed by atoms with van der Waals surface area (Å²) in [5.41, 5.74) is 0.333. The van der Waals surface area contributed by atoms with Crippen LogP contribution >= 0.6 is 0 Å². The van der Waals surface area contributed by atoms with Gasteiger partial charge in [-0.25, -0.2) is 0 Å². The zero-order valence-electron chi connectivity index (χ0n) is 12.0. The van der Waals surface area contributed by atoms with Gasteiger partial charge >= 0.3 is 0 Å². The Bertz CT molecular complexity index is 213. The van der Waals surface area contributed by atoms with E-state index in [1.807, 2.05) is 6.92 Å². The van der Waals surface area contributed by atoms with Crippen LogP contribution in [0.2, 0.25) is 0 Å². The maximum Gasteiger partial charge on any atom is 0.164 e. The van der Waals surface area contributed by atoms with E-state index in [2.05, 4.69) is 6.58 Å². The average Bonchev–Trinajstić information content (AvgIpc) is 2.29. The average molecular weight is 278 g/mol. The lowest BCUT2D eigenvalue weighted by molar-refractivity contribution is -0.213. The van der Waals surface area contributed by atoms with Crippen LogP contribution in [0.3, 0.4) is 0 Å². The van der Waals surface area contributed by atoms with Gasteiger partial charge in [-0.1, -0.05) is 12.2 Å². The van der Waals surface area contributed by atoms with Crippen LogP contribution in [0.15, 0.2) is 12.2 Å². The second-order valence-electron chi connectivity index (χ2n) is 4.27. The fraction of sp³-hybridized carbons (Fsp3) is 0.833. The summed E-state index contributed by atoms with van der Waals surface area (Å²) >= 11 is 0. The molecule has 0 aliphatic carbocycles. The normalized spacial score (nSPS) is 11.9. The summed E-state index contributed by atoms with van der Waals surface area (Å²) in [7, 11) is 3.98. The molecule has 0 aliphatic rings. The van der Waals surface area contributed by atoms with Crippen molar-refractivity contribution in [3.8, 4) is 0 Å². The van der Waals surface area contributed by atoms with Crippen LogP contribution in [0.5, 0.6) is 0 Å². The Morgan fingerprint density at radius 3 is 1.94 bits per heavy atom. The molecule has 5 nitrogen and oxygen atoms in total. The molecule has 18 heavy (non-hydrogen) atoms. The summed E-state index contributed by atoms with van der Waals surface area (Å²) in [4.78, 5) is 0. The number of methoxy groups -OCH3 is 2. The van der Waals surface area contributed by atoms with E-state index in [-0.39, 0.29) is 0 Å². The minimum Gasteiger partial charge on any atom is -0.382 e. The smallest absolute Gasteiger partial charge is 0.164 e. The monoisotopic (exact) mass is 278 g/mol. The quantitative estimate of drug-likeness (QED) is 0.216. The molecule has 0 aliphatic heterocycles. The molecule has 0 unspecified atom stereocenters. The summed E-state index contributed by atoms with van der Waals surface area (Å²) in [6.07, 6.45) is 0. The van der Waals surface area contributed by atoms with Crippen molar-refractivity contribution < 1.29 is 23.7 Å². The highest BCUT2D eigenvalue weighted by molar-refractivity contribution is 6.13. The summed E-state index contributed by atoms with van der Waals surface area (Å²) in [5.74, 6) is 0. The van der Waals surface area contributed by atoms with Crippen LogP contribution in [0.4, 0.5) is 0 Å². The van der Waals surface area contributed by atoms with Gasteiger partial charge in [0.2, 0.25) is 0 Å². The van der Waals surface area contributed by atoms with Gasteiger partial charge < -0.3 is 23.7 Å². The minimum atomic E-state index is -0.646. The summed E-state index contributed by atoms with van der Waals surface area (Å²) in [5, 5.41) is 0. The Kier molecular flexibility index (Phi) is 10.5. The van der Waals surface area contributed by atoms with Crippen LogP contribution in [0.1, 0.15) is 6.92 Å². The molecule has 0 heterocycles. The van der Waals surface area contributed by atoms with Crippen molar-refractivity contribution >= 4 is 10.2 Å². The topological polar surface area (TPSA) is 46.2 Å². The molecule has 108 valence electrons. The van der Waals surface area contributed by atoms with Crippen LogP contribution < -0.4 is 0 Å². The van der Waals surface area contributed by atoms with Crippen LogP contribution in [0, 0.1) is 0 Å². The molecule has 0 saturated heterocycles. The number of hydrogen-bond donors (Lipinski definition) is 0. The van der Waals surface area contributed by atoms with Gasteiger partial charge in [0, 0.05) is 14.2 Å². The lowest BCUT2D eigenvalue weighted by Crippen LogP contribution is -2.43. The zero-order valence-corrected chi connectivity index (χ0v) is 14.0. The molecule has 0 saturated carbocycles. The van der Waals surface area contributed by atoms with E-state index in [0.717, 1.165) is 5.57 Å². The molecule has 0 rings (SSSR count). The van der Waals surface area contributed by atoms with E-state index < -0.39 is 5.41 Å². The van der Waals surface area contributed by atoms with E-state index in [9.17, 15) is 0 Å². The van der Waals surface area contributed by atoms with Crippen LogP contribution in [0.25, 0.3) is 0 Å². The Hall–Kier alpha value is -0.243. The Labute approximate surface area is 113 Å². The number of rotatable bonds is 12. The maximum atomic E-state index is 5.70. The first-order chi connectivity index (χ1) is 8.54. The Balaban J connectivity index is 4.06. The van der Waals surface area contributed by atoms with E-state index >= 15 is 0 Å². The van der Waals surface area contributed by atoms with E-state index in [0.29, 0.717) is 49.9 Å². The molecular weight excluding hydrogens is 252 g/mol. The lowest BCUT2D eigenvalue weighted by Gasteiger charge is -2.30. The number of hydrogen-bond acceptors (Lipinski definition) is 5. The van der Waals surface area contributed by atoms with Gasteiger partial charge in [0.25, 0.3) is 0 Å².